The van der Waals surface area contributed by atoms with Crippen LogP contribution in [0.5, 0.6) is 0 Å². The zero-order valence-corrected chi connectivity index (χ0v) is 10.8. The normalized spacial score (nSPS) is 11.0. The van der Waals surface area contributed by atoms with E-state index in [0.717, 1.165) is 29.2 Å². The number of pyridine rings is 1. The predicted molar refractivity (Wildman–Crippen MR) is 71.4 cm³/mol. The van der Waals surface area contributed by atoms with E-state index in [1.807, 2.05) is 31.1 Å². The van der Waals surface area contributed by atoms with Gasteiger partial charge in [0.15, 0.2) is 5.65 Å². The zero-order valence-electron chi connectivity index (χ0n) is 10.8. The highest BCUT2D eigenvalue weighted by atomic mass is 15.1. The van der Waals surface area contributed by atoms with Crippen LogP contribution in [0.4, 0.5) is 5.82 Å². The molecule has 0 aliphatic rings. The number of hydrogen-bond donors (Lipinski definition) is 1. The van der Waals surface area contributed by atoms with Gasteiger partial charge in [0.2, 0.25) is 0 Å². The summed E-state index contributed by atoms with van der Waals surface area (Å²) in [6, 6.07) is 4.06. The van der Waals surface area contributed by atoms with Crippen LogP contribution in [0.15, 0.2) is 12.1 Å². The highest BCUT2D eigenvalue weighted by molar-refractivity contribution is 5.73. The molecule has 92 valence electrons. The van der Waals surface area contributed by atoms with Crippen molar-refractivity contribution in [3.05, 3.63) is 18.0 Å². The van der Waals surface area contributed by atoms with E-state index in [2.05, 4.69) is 21.9 Å². The van der Waals surface area contributed by atoms with Crippen LogP contribution in [0, 0.1) is 0 Å². The molecule has 0 fully saturated rings. The average molecular weight is 232 g/mol. The summed E-state index contributed by atoms with van der Waals surface area (Å²) >= 11 is 0. The Labute approximate surface area is 102 Å². The lowest BCUT2D eigenvalue weighted by Gasteiger charge is -2.09. The van der Waals surface area contributed by atoms with Gasteiger partial charge in [-0.15, -0.1) is 0 Å². The fraction of sp³-hybridized carbons (Fsp3) is 0.538. The van der Waals surface area contributed by atoms with Crippen molar-refractivity contribution in [1.82, 2.24) is 15.0 Å². The molecule has 0 aliphatic carbocycles. The van der Waals surface area contributed by atoms with Gasteiger partial charge in [0.1, 0.15) is 11.6 Å². The first-order chi connectivity index (χ1) is 8.20. The Morgan fingerprint density at radius 2 is 2.00 bits per heavy atom. The minimum absolute atomic E-state index is 0.822. The van der Waals surface area contributed by atoms with Crippen LogP contribution >= 0.6 is 0 Å². The number of nitrogens with one attached hydrogen (secondary N) is 1. The van der Waals surface area contributed by atoms with Gasteiger partial charge < -0.3 is 9.88 Å². The Hall–Kier alpha value is -1.58. The number of H-pyrrole nitrogens is 1. The van der Waals surface area contributed by atoms with E-state index in [4.69, 9.17) is 0 Å². The molecule has 2 rings (SSSR count). The van der Waals surface area contributed by atoms with Crippen LogP contribution in [0.3, 0.4) is 0 Å². The van der Waals surface area contributed by atoms with Crippen LogP contribution in [-0.2, 0) is 6.42 Å². The van der Waals surface area contributed by atoms with Crippen LogP contribution in [0.25, 0.3) is 11.2 Å². The molecule has 0 bridgehead atoms. The molecule has 0 amide bonds. The molecule has 0 saturated heterocycles. The second-order valence-electron chi connectivity index (χ2n) is 4.58. The molecular weight excluding hydrogens is 212 g/mol. The lowest BCUT2D eigenvalue weighted by Crippen LogP contribution is -2.10. The summed E-state index contributed by atoms with van der Waals surface area (Å²) in [5.74, 6) is 2.00. The predicted octanol–water partition coefficient (Wildman–Crippen LogP) is 2.76. The van der Waals surface area contributed by atoms with Crippen molar-refractivity contribution in [2.75, 3.05) is 19.0 Å². The highest BCUT2D eigenvalue weighted by Crippen LogP contribution is 2.15. The van der Waals surface area contributed by atoms with Gasteiger partial charge in [-0.05, 0) is 18.6 Å². The first-order valence-electron chi connectivity index (χ1n) is 6.23. The lowest BCUT2D eigenvalue weighted by atomic mass is 10.2. The Morgan fingerprint density at radius 1 is 1.18 bits per heavy atom. The molecule has 1 N–H and O–H groups in total. The molecule has 2 aromatic heterocycles. The summed E-state index contributed by atoms with van der Waals surface area (Å²) in [5, 5.41) is 0. The summed E-state index contributed by atoms with van der Waals surface area (Å²) in [6.07, 6.45) is 4.70. The summed E-state index contributed by atoms with van der Waals surface area (Å²) in [5.41, 5.74) is 1.85. The van der Waals surface area contributed by atoms with Crippen molar-refractivity contribution in [1.29, 1.82) is 0 Å². The Bertz CT molecular complexity index is 487. The van der Waals surface area contributed by atoms with Gasteiger partial charge in [0.05, 0.1) is 5.52 Å². The molecule has 4 nitrogen and oxygen atoms in total. The summed E-state index contributed by atoms with van der Waals surface area (Å²) in [6.45, 7) is 2.21. The smallest absolute Gasteiger partial charge is 0.179 e. The average Bonchev–Trinajstić information content (AvgIpc) is 2.70. The topological polar surface area (TPSA) is 44.8 Å². The molecule has 2 aromatic rings. The van der Waals surface area contributed by atoms with Crippen LogP contribution < -0.4 is 4.90 Å². The standard InChI is InChI=1S/C13H20N4/c1-4-5-6-7-11-14-10-8-9-12(17(2)3)16-13(10)15-11/h8-9H,4-7H2,1-3H3,(H,14,15,16). The van der Waals surface area contributed by atoms with Crippen LogP contribution in [0.1, 0.15) is 32.0 Å². The Balaban J connectivity index is 2.18. The van der Waals surface area contributed by atoms with Crippen molar-refractivity contribution in [3.63, 3.8) is 0 Å². The zero-order chi connectivity index (χ0) is 12.3. The van der Waals surface area contributed by atoms with Gasteiger partial charge in [-0.1, -0.05) is 19.8 Å². The van der Waals surface area contributed by atoms with E-state index in [9.17, 15) is 0 Å². The van der Waals surface area contributed by atoms with Gasteiger partial charge in [0, 0.05) is 20.5 Å². The monoisotopic (exact) mass is 232 g/mol. The maximum absolute atomic E-state index is 4.53. The first-order valence-corrected chi connectivity index (χ1v) is 6.23. The minimum atomic E-state index is 0.822. The number of nitrogens with zero attached hydrogens (tertiary/aromatic N) is 3. The lowest BCUT2D eigenvalue weighted by molar-refractivity contribution is 0.700. The molecular formula is C13H20N4. The number of anilines is 1. The minimum Gasteiger partial charge on any atom is -0.363 e. The molecule has 0 saturated carbocycles. The number of aromatic amines is 1. The van der Waals surface area contributed by atoms with E-state index in [1.165, 1.54) is 19.3 Å². The third kappa shape index (κ3) is 2.75. The molecule has 0 atom stereocenters. The second kappa shape index (κ2) is 5.17. The maximum Gasteiger partial charge on any atom is 0.179 e. The van der Waals surface area contributed by atoms with E-state index in [1.54, 1.807) is 0 Å². The molecule has 0 radical (unpaired) electrons. The van der Waals surface area contributed by atoms with Crippen LogP contribution in [-0.4, -0.2) is 29.0 Å². The third-order valence-corrected chi connectivity index (χ3v) is 2.86. The van der Waals surface area contributed by atoms with E-state index in [-0.39, 0.29) is 0 Å². The summed E-state index contributed by atoms with van der Waals surface area (Å²) < 4.78 is 0. The van der Waals surface area contributed by atoms with E-state index < -0.39 is 0 Å². The van der Waals surface area contributed by atoms with E-state index in [0.29, 0.717) is 0 Å². The molecule has 2 heterocycles. The number of unbranched alkanes of at least 4 members (excludes halogenated alkanes) is 2. The molecule has 0 unspecified atom stereocenters. The van der Waals surface area contributed by atoms with Gasteiger partial charge in [0.25, 0.3) is 0 Å². The summed E-state index contributed by atoms with van der Waals surface area (Å²) in [7, 11) is 3.98. The molecule has 0 spiro atoms. The van der Waals surface area contributed by atoms with Crippen molar-refractivity contribution in [2.24, 2.45) is 0 Å². The van der Waals surface area contributed by atoms with Crippen molar-refractivity contribution < 1.29 is 0 Å². The molecule has 0 aliphatic heterocycles. The maximum atomic E-state index is 4.53. The second-order valence-corrected chi connectivity index (χ2v) is 4.58. The van der Waals surface area contributed by atoms with Crippen molar-refractivity contribution >= 4 is 17.0 Å². The van der Waals surface area contributed by atoms with Crippen molar-refractivity contribution in [3.8, 4) is 0 Å². The number of hydrogen-bond acceptors (Lipinski definition) is 3. The molecule has 4 heteroatoms. The number of rotatable bonds is 5. The number of imidazole rings is 1. The van der Waals surface area contributed by atoms with Gasteiger partial charge in [-0.2, -0.15) is 0 Å². The highest BCUT2D eigenvalue weighted by Gasteiger charge is 2.05. The molecule has 17 heavy (non-hydrogen) atoms. The number of aromatic nitrogens is 3. The Kier molecular flexibility index (Phi) is 3.61. The fourth-order valence-corrected chi connectivity index (χ4v) is 1.84. The van der Waals surface area contributed by atoms with Crippen LogP contribution in [0.2, 0.25) is 0 Å². The van der Waals surface area contributed by atoms with E-state index >= 15 is 0 Å². The first kappa shape index (κ1) is 11.9. The quantitative estimate of drug-likeness (QED) is 0.806. The van der Waals surface area contributed by atoms with Gasteiger partial charge in [-0.25, -0.2) is 9.97 Å². The number of fused-ring (bicyclic) bond motifs is 1. The summed E-state index contributed by atoms with van der Waals surface area (Å²) in [4.78, 5) is 14.4. The fourth-order valence-electron chi connectivity index (χ4n) is 1.84. The largest absolute Gasteiger partial charge is 0.363 e. The van der Waals surface area contributed by atoms with Gasteiger partial charge >= 0.3 is 0 Å². The SMILES string of the molecule is CCCCCc1nc2nc(N(C)C)ccc2[nH]1. The van der Waals surface area contributed by atoms with Crippen molar-refractivity contribution in [2.45, 2.75) is 32.6 Å². The third-order valence-electron chi connectivity index (χ3n) is 2.86. The number of aryl methyl sites for hydroxylation is 1. The molecule has 0 aromatic carbocycles. The Morgan fingerprint density at radius 3 is 2.71 bits per heavy atom. The van der Waals surface area contributed by atoms with Gasteiger partial charge in [-0.3, -0.25) is 0 Å².